The smallest absolute Gasteiger partial charge is 0.328 e. The molecule has 0 saturated heterocycles. The Labute approximate surface area is 202 Å². The molecule has 0 aliphatic carbocycles. The molecule has 0 spiro atoms. The van der Waals surface area contributed by atoms with Gasteiger partial charge in [-0.15, -0.1) is 0 Å². The number of nitrogens with one attached hydrogen (secondary N) is 3. The highest BCUT2D eigenvalue weighted by molar-refractivity contribution is 7.90. The number of ether oxygens (including phenoxy) is 1. The van der Waals surface area contributed by atoms with Gasteiger partial charge in [-0.3, -0.25) is 4.79 Å². The van der Waals surface area contributed by atoms with Crippen LogP contribution >= 0.6 is 0 Å². The predicted octanol–water partition coefficient (Wildman–Crippen LogP) is 3.71. The molecule has 0 aliphatic rings. The molecule has 186 valence electrons. The van der Waals surface area contributed by atoms with Crippen LogP contribution in [0.1, 0.15) is 67.6 Å². The summed E-state index contributed by atoms with van der Waals surface area (Å²) in [6, 6.07) is 9.89. The van der Waals surface area contributed by atoms with Crippen molar-refractivity contribution in [2.45, 2.75) is 57.3 Å². The topological polar surface area (TPSA) is 114 Å². The van der Waals surface area contributed by atoms with Gasteiger partial charge in [0.25, 0.3) is 15.9 Å². The lowest BCUT2D eigenvalue weighted by molar-refractivity contribution is 0.0951. The highest BCUT2D eigenvalue weighted by atomic mass is 32.2. The van der Waals surface area contributed by atoms with Crippen LogP contribution < -0.4 is 20.1 Å². The van der Waals surface area contributed by atoms with Gasteiger partial charge in [-0.1, -0.05) is 52.8 Å². The second-order valence-corrected chi connectivity index (χ2v) is 11.0. The summed E-state index contributed by atoms with van der Waals surface area (Å²) in [7, 11) is -1.18. The van der Waals surface area contributed by atoms with E-state index in [1.54, 1.807) is 18.2 Å². The maximum absolute atomic E-state index is 12.9. The van der Waals surface area contributed by atoms with Gasteiger partial charge in [-0.2, -0.15) is 0 Å². The lowest BCUT2D eigenvalue weighted by atomic mass is 9.86. The zero-order valence-electron chi connectivity index (χ0n) is 20.9. The Morgan fingerprint density at radius 1 is 1.06 bits per heavy atom. The second kappa shape index (κ2) is 10.9. The van der Waals surface area contributed by atoms with Gasteiger partial charge < -0.3 is 15.4 Å². The van der Waals surface area contributed by atoms with Crippen LogP contribution in [-0.2, 0) is 21.9 Å². The number of urea groups is 1. The molecular formula is C25H35N3O5S. The van der Waals surface area contributed by atoms with E-state index < -0.39 is 16.1 Å². The van der Waals surface area contributed by atoms with Crippen LogP contribution in [0.5, 0.6) is 5.75 Å². The highest BCUT2D eigenvalue weighted by Gasteiger charge is 2.23. The first kappa shape index (κ1) is 27.2. The first-order chi connectivity index (χ1) is 15.8. The number of benzene rings is 2. The van der Waals surface area contributed by atoms with Crippen LogP contribution in [0.3, 0.4) is 0 Å². The molecule has 0 atom stereocenters. The van der Waals surface area contributed by atoms with Crippen LogP contribution in [0, 0.1) is 0 Å². The lowest BCUT2D eigenvalue weighted by Crippen LogP contribution is -2.37. The Morgan fingerprint density at radius 3 is 2.29 bits per heavy atom. The average molecular weight is 490 g/mol. The van der Waals surface area contributed by atoms with Gasteiger partial charge >= 0.3 is 6.03 Å². The number of sulfonamides is 1. The van der Waals surface area contributed by atoms with Gasteiger partial charge in [0.2, 0.25) is 0 Å². The molecule has 0 saturated carbocycles. The molecule has 0 radical (unpaired) electrons. The summed E-state index contributed by atoms with van der Waals surface area (Å²) in [6.07, 6.45) is 0.411. The van der Waals surface area contributed by atoms with Crippen molar-refractivity contribution in [3.05, 3.63) is 58.7 Å². The zero-order chi connectivity index (χ0) is 25.7. The number of carbonyl (C=O) groups is 2. The molecule has 3 N–H and O–H groups in total. The Kier molecular flexibility index (Phi) is 8.72. The Hall–Kier alpha value is -3.07. The Bertz CT molecular complexity index is 1150. The Balaban J connectivity index is 2.22. The molecule has 0 aromatic heterocycles. The minimum Gasteiger partial charge on any atom is -0.496 e. The molecular weight excluding hydrogens is 454 g/mol. The first-order valence-electron chi connectivity index (χ1n) is 11.1. The molecule has 2 aromatic rings. The van der Waals surface area contributed by atoms with Crippen LogP contribution in [0.4, 0.5) is 4.79 Å². The standard InChI is InChI=1S/C25H35N3O5S/c1-16(2)19-10-8-17(14-22(19)34(31,32)28-24(30)26-6)12-13-27-23(29)20-15-18(25(3,4)5)9-11-21(20)33-7/h8-11,14-16H,12-13H2,1-7H3,(H,27,29)(H2,26,28,30). The second-order valence-electron chi connectivity index (χ2n) is 9.38. The number of carbonyl (C=O) groups excluding carboxylic acids is 2. The van der Waals surface area contributed by atoms with Crippen LogP contribution in [0.25, 0.3) is 0 Å². The van der Waals surface area contributed by atoms with E-state index in [0.717, 1.165) is 11.1 Å². The molecule has 0 aliphatic heterocycles. The van der Waals surface area contributed by atoms with Crippen molar-refractivity contribution in [1.29, 1.82) is 0 Å². The van der Waals surface area contributed by atoms with Gasteiger partial charge in [0.15, 0.2) is 0 Å². The quantitative estimate of drug-likeness (QED) is 0.523. The molecule has 0 bridgehead atoms. The molecule has 0 heterocycles. The first-order valence-corrected chi connectivity index (χ1v) is 12.6. The van der Waals surface area contributed by atoms with Crippen molar-refractivity contribution < 1.29 is 22.7 Å². The molecule has 8 nitrogen and oxygen atoms in total. The Morgan fingerprint density at radius 2 is 1.74 bits per heavy atom. The van der Waals surface area contributed by atoms with Crippen molar-refractivity contribution in [2.24, 2.45) is 0 Å². The fraction of sp³-hybridized carbons (Fsp3) is 0.440. The van der Waals surface area contributed by atoms with Crippen molar-refractivity contribution in [1.82, 2.24) is 15.4 Å². The van der Waals surface area contributed by atoms with Crippen molar-refractivity contribution in [2.75, 3.05) is 20.7 Å². The van der Waals surface area contributed by atoms with Gasteiger partial charge in [-0.05, 0) is 52.6 Å². The highest BCUT2D eigenvalue weighted by Crippen LogP contribution is 2.28. The van der Waals surface area contributed by atoms with E-state index in [1.807, 2.05) is 36.8 Å². The number of hydrogen-bond donors (Lipinski definition) is 3. The van der Waals surface area contributed by atoms with E-state index in [-0.39, 0.29) is 22.1 Å². The largest absolute Gasteiger partial charge is 0.496 e. The predicted molar refractivity (Wildman–Crippen MR) is 133 cm³/mol. The van der Waals surface area contributed by atoms with Gasteiger partial charge in [0.1, 0.15) is 5.75 Å². The van der Waals surface area contributed by atoms with Crippen molar-refractivity contribution in [3.63, 3.8) is 0 Å². The summed E-state index contributed by atoms with van der Waals surface area (Å²) in [5.41, 5.74) is 2.67. The number of rotatable bonds is 8. The van der Waals surface area contributed by atoms with Gasteiger partial charge in [0, 0.05) is 13.6 Å². The molecule has 0 unspecified atom stereocenters. The molecule has 2 rings (SSSR count). The summed E-state index contributed by atoms with van der Waals surface area (Å²) >= 11 is 0. The van der Waals surface area contributed by atoms with E-state index in [0.29, 0.717) is 29.8 Å². The molecule has 9 heteroatoms. The normalized spacial score (nSPS) is 11.8. The summed E-state index contributed by atoms with van der Waals surface area (Å²) in [5, 5.41) is 5.14. The van der Waals surface area contributed by atoms with Crippen LogP contribution in [0.15, 0.2) is 41.3 Å². The van der Waals surface area contributed by atoms with Crippen molar-refractivity contribution >= 4 is 22.0 Å². The summed E-state index contributed by atoms with van der Waals surface area (Å²) in [5.74, 6) is 0.156. The van der Waals surface area contributed by atoms with E-state index >= 15 is 0 Å². The van der Waals surface area contributed by atoms with Crippen LogP contribution in [-0.4, -0.2) is 41.1 Å². The maximum atomic E-state index is 12.9. The van der Waals surface area contributed by atoms with E-state index in [2.05, 4.69) is 31.4 Å². The van der Waals surface area contributed by atoms with Crippen LogP contribution in [0.2, 0.25) is 0 Å². The van der Waals surface area contributed by atoms with E-state index in [9.17, 15) is 18.0 Å². The average Bonchev–Trinajstić information content (AvgIpc) is 2.77. The maximum Gasteiger partial charge on any atom is 0.328 e. The van der Waals surface area contributed by atoms with Crippen molar-refractivity contribution in [3.8, 4) is 5.75 Å². The van der Waals surface area contributed by atoms with E-state index in [4.69, 9.17) is 4.74 Å². The third kappa shape index (κ3) is 6.72. The molecule has 0 fully saturated rings. The minimum absolute atomic E-state index is 0.0504. The fourth-order valence-electron chi connectivity index (χ4n) is 3.44. The number of methoxy groups -OCH3 is 1. The van der Waals surface area contributed by atoms with Gasteiger partial charge in [-0.25, -0.2) is 17.9 Å². The number of hydrogen-bond acceptors (Lipinski definition) is 5. The molecule has 34 heavy (non-hydrogen) atoms. The summed E-state index contributed by atoms with van der Waals surface area (Å²) < 4.78 is 32.9. The zero-order valence-corrected chi connectivity index (χ0v) is 21.7. The SMILES string of the molecule is CNC(=O)NS(=O)(=O)c1cc(CCNC(=O)c2cc(C(C)(C)C)ccc2OC)ccc1C(C)C. The van der Waals surface area contributed by atoms with Gasteiger partial charge in [0.05, 0.1) is 17.6 Å². The third-order valence-electron chi connectivity index (χ3n) is 5.45. The summed E-state index contributed by atoms with van der Waals surface area (Å²) in [4.78, 5) is 24.6. The third-order valence-corrected chi connectivity index (χ3v) is 6.84. The lowest BCUT2D eigenvalue weighted by Gasteiger charge is -2.21. The molecule has 3 amide bonds. The summed E-state index contributed by atoms with van der Waals surface area (Å²) in [6.45, 7) is 10.3. The molecule has 2 aromatic carbocycles. The fourth-order valence-corrected chi connectivity index (χ4v) is 4.82. The number of amides is 3. The monoisotopic (exact) mass is 489 g/mol. The van der Waals surface area contributed by atoms with E-state index in [1.165, 1.54) is 14.2 Å². The minimum atomic E-state index is -4.05.